The molecule has 0 bridgehead atoms. The lowest BCUT2D eigenvalue weighted by molar-refractivity contribution is 0.0947. The Balaban J connectivity index is 1.65. The van der Waals surface area contributed by atoms with Gasteiger partial charge < -0.3 is 10.1 Å². The second-order valence-electron chi connectivity index (χ2n) is 7.76. The van der Waals surface area contributed by atoms with E-state index in [-0.39, 0.29) is 22.0 Å². The Morgan fingerprint density at radius 2 is 1.81 bits per heavy atom. The standard InChI is InChI=1S/C23H29ClN2O4S/c1-17-8-7-9-22(18(17)2)30-15-12-25-23(27)20-16-19(10-11-21(20)24)31(28,29)26-13-5-3-4-6-14-26/h7-11,16H,3-6,12-15H2,1-2H3,(H,25,27). The quantitative estimate of drug-likeness (QED) is 0.619. The van der Waals surface area contributed by atoms with Crippen molar-refractivity contribution >= 4 is 27.5 Å². The van der Waals surface area contributed by atoms with Gasteiger partial charge in [0.2, 0.25) is 10.0 Å². The smallest absolute Gasteiger partial charge is 0.252 e. The minimum absolute atomic E-state index is 0.0931. The average molecular weight is 465 g/mol. The summed E-state index contributed by atoms with van der Waals surface area (Å²) >= 11 is 6.20. The maximum atomic E-state index is 13.0. The van der Waals surface area contributed by atoms with Crippen LogP contribution in [0.4, 0.5) is 0 Å². The maximum Gasteiger partial charge on any atom is 0.252 e. The first kappa shape index (κ1) is 23.6. The Morgan fingerprint density at radius 1 is 1.10 bits per heavy atom. The van der Waals surface area contributed by atoms with Crippen molar-refractivity contribution in [1.82, 2.24) is 9.62 Å². The van der Waals surface area contributed by atoms with Crippen LogP contribution in [0.5, 0.6) is 5.75 Å². The summed E-state index contributed by atoms with van der Waals surface area (Å²) < 4.78 is 33.3. The molecular formula is C23H29ClN2O4S. The number of sulfonamides is 1. The maximum absolute atomic E-state index is 13.0. The third kappa shape index (κ3) is 5.79. The number of carbonyl (C=O) groups excluding carboxylic acids is 1. The molecule has 1 N–H and O–H groups in total. The minimum atomic E-state index is -3.66. The number of rotatable bonds is 7. The lowest BCUT2D eigenvalue weighted by Crippen LogP contribution is -2.32. The van der Waals surface area contributed by atoms with Gasteiger partial charge in [0.1, 0.15) is 12.4 Å². The molecule has 0 spiro atoms. The van der Waals surface area contributed by atoms with Gasteiger partial charge in [0.05, 0.1) is 22.0 Å². The summed E-state index contributed by atoms with van der Waals surface area (Å²) in [6, 6.07) is 10.1. The van der Waals surface area contributed by atoms with Crippen molar-refractivity contribution in [3.8, 4) is 5.75 Å². The molecule has 2 aromatic carbocycles. The van der Waals surface area contributed by atoms with Gasteiger partial charge in [-0.05, 0) is 62.1 Å². The molecule has 1 heterocycles. The Bertz CT molecular complexity index is 1030. The van der Waals surface area contributed by atoms with E-state index in [0.29, 0.717) is 19.7 Å². The molecule has 1 amide bonds. The fourth-order valence-electron chi connectivity index (χ4n) is 3.57. The largest absolute Gasteiger partial charge is 0.491 e. The summed E-state index contributed by atoms with van der Waals surface area (Å²) in [6.07, 6.45) is 3.76. The van der Waals surface area contributed by atoms with Crippen LogP contribution >= 0.6 is 11.6 Å². The lowest BCUT2D eigenvalue weighted by Gasteiger charge is -2.20. The molecule has 1 aliphatic rings. The fourth-order valence-corrected chi connectivity index (χ4v) is 5.32. The molecule has 8 heteroatoms. The number of aryl methyl sites for hydroxylation is 1. The van der Waals surface area contributed by atoms with Crippen LogP contribution in [0.3, 0.4) is 0 Å². The van der Waals surface area contributed by atoms with E-state index in [4.69, 9.17) is 16.3 Å². The van der Waals surface area contributed by atoms with Crippen molar-refractivity contribution in [2.45, 2.75) is 44.4 Å². The highest BCUT2D eigenvalue weighted by Gasteiger charge is 2.26. The molecule has 0 radical (unpaired) electrons. The molecule has 0 aromatic heterocycles. The number of ether oxygens (including phenoxy) is 1. The molecule has 0 aliphatic carbocycles. The predicted octanol–water partition coefficient (Wildman–Crippen LogP) is 4.33. The van der Waals surface area contributed by atoms with E-state index >= 15 is 0 Å². The SMILES string of the molecule is Cc1cccc(OCCNC(=O)c2cc(S(=O)(=O)N3CCCCCC3)ccc2Cl)c1C. The minimum Gasteiger partial charge on any atom is -0.491 e. The van der Waals surface area contributed by atoms with Crippen molar-refractivity contribution in [1.29, 1.82) is 0 Å². The molecule has 1 aliphatic heterocycles. The van der Waals surface area contributed by atoms with Gasteiger partial charge in [-0.25, -0.2) is 8.42 Å². The molecule has 31 heavy (non-hydrogen) atoms. The zero-order valence-electron chi connectivity index (χ0n) is 18.0. The number of hydrogen-bond donors (Lipinski definition) is 1. The second-order valence-corrected chi connectivity index (χ2v) is 10.1. The Morgan fingerprint density at radius 3 is 2.52 bits per heavy atom. The first-order valence-electron chi connectivity index (χ1n) is 10.6. The zero-order chi connectivity index (χ0) is 22.4. The predicted molar refractivity (Wildman–Crippen MR) is 122 cm³/mol. The number of nitrogens with one attached hydrogen (secondary N) is 1. The summed E-state index contributed by atoms with van der Waals surface area (Å²) in [4.78, 5) is 12.7. The van der Waals surface area contributed by atoms with Gasteiger partial charge in [0.25, 0.3) is 5.91 Å². The van der Waals surface area contributed by atoms with Crippen molar-refractivity contribution in [3.63, 3.8) is 0 Å². The summed E-state index contributed by atoms with van der Waals surface area (Å²) in [5.74, 6) is 0.348. The fraction of sp³-hybridized carbons (Fsp3) is 0.435. The molecular weight excluding hydrogens is 436 g/mol. The summed E-state index contributed by atoms with van der Waals surface area (Å²) in [6.45, 7) is 5.56. The van der Waals surface area contributed by atoms with Gasteiger partial charge >= 0.3 is 0 Å². The van der Waals surface area contributed by atoms with E-state index in [2.05, 4.69) is 5.32 Å². The molecule has 2 aromatic rings. The molecule has 1 saturated heterocycles. The van der Waals surface area contributed by atoms with Crippen molar-refractivity contribution in [3.05, 3.63) is 58.1 Å². The molecule has 168 valence electrons. The summed E-state index contributed by atoms with van der Waals surface area (Å²) in [5, 5.41) is 2.97. The molecule has 0 unspecified atom stereocenters. The number of nitrogens with zero attached hydrogens (tertiary/aromatic N) is 1. The van der Waals surface area contributed by atoms with E-state index in [1.54, 1.807) is 0 Å². The van der Waals surface area contributed by atoms with E-state index in [9.17, 15) is 13.2 Å². The van der Waals surface area contributed by atoms with Gasteiger partial charge in [0, 0.05) is 13.1 Å². The highest BCUT2D eigenvalue weighted by molar-refractivity contribution is 7.89. The summed E-state index contributed by atoms with van der Waals surface area (Å²) in [5.41, 5.74) is 2.34. The van der Waals surface area contributed by atoms with Crippen LogP contribution in [0.1, 0.15) is 47.2 Å². The normalized spacial score (nSPS) is 15.3. The monoisotopic (exact) mass is 464 g/mol. The topological polar surface area (TPSA) is 75.7 Å². The van der Waals surface area contributed by atoms with Crippen molar-refractivity contribution in [2.24, 2.45) is 0 Å². The molecule has 3 rings (SSSR count). The van der Waals surface area contributed by atoms with Gasteiger partial charge in [-0.15, -0.1) is 0 Å². The Kier molecular flexibility index (Phi) is 7.97. The van der Waals surface area contributed by atoms with Crippen LogP contribution in [0, 0.1) is 13.8 Å². The zero-order valence-corrected chi connectivity index (χ0v) is 19.6. The molecule has 1 fully saturated rings. The number of benzene rings is 2. The molecule has 0 atom stereocenters. The third-order valence-corrected chi connectivity index (χ3v) is 7.81. The van der Waals surface area contributed by atoms with Crippen molar-refractivity contribution < 1.29 is 17.9 Å². The Hall–Kier alpha value is -2.09. The van der Waals surface area contributed by atoms with E-state index < -0.39 is 15.9 Å². The van der Waals surface area contributed by atoms with Gasteiger partial charge in [-0.3, -0.25) is 4.79 Å². The number of amides is 1. The van der Waals surface area contributed by atoms with Crippen LogP contribution < -0.4 is 10.1 Å². The molecule has 0 saturated carbocycles. The van der Waals surface area contributed by atoms with E-state index in [1.165, 1.54) is 22.5 Å². The van der Waals surface area contributed by atoms with Crippen molar-refractivity contribution in [2.75, 3.05) is 26.2 Å². The van der Waals surface area contributed by atoms with Crippen LogP contribution in [0.15, 0.2) is 41.3 Å². The Labute approximate surface area is 189 Å². The van der Waals surface area contributed by atoms with Crippen LogP contribution in [-0.2, 0) is 10.0 Å². The highest BCUT2D eigenvalue weighted by Crippen LogP contribution is 2.25. The van der Waals surface area contributed by atoms with Gasteiger partial charge in [0.15, 0.2) is 0 Å². The lowest BCUT2D eigenvalue weighted by atomic mass is 10.1. The number of carbonyl (C=O) groups is 1. The molecule has 6 nitrogen and oxygen atoms in total. The first-order chi connectivity index (χ1) is 14.8. The van der Waals surface area contributed by atoms with Gasteiger partial charge in [-0.1, -0.05) is 36.6 Å². The van der Waals surface area contributed by atoms with Gasteiger partial charge in [-0.2, -0.15) is 4.31 Å². The van der Waals surface area contributed by atoms with Crippen LogP contribution in [0.2, 0.25) is 5.02 Å². The summed E-state index contributed by atoms with van der Waals surface area (Å²) in [7, 11) is -3.66. The van der Waals surface area contributed by atoms with E-state index in [0.717, 1.165) is 42.6 Å². The first-order valence-corrected chi connectivity index (χ1v) is 12.4. The number of halogens is 1. The highest BCUT2D eigenvalue weighted by atomic mass is 35.5. The third-order valence-electron chi connectivity index (χ3n) is 5.59. The van der Waals surface area contributed by atoms with Crippen LogP contribution in [0.25, 0.3) is 0 Å². The van der Waals surface area contributed by atoms with E-state index in [1.807, 2.05) is 32.0 Å². The average Bonchev–Trinajstić information content (AvgIpc) is 3.04. The van der Waals surface area contributed by atoms with Crippen LogP contribution in [-0.4, -0.2) is 44.9 Å². The number of hydrogen-bond acceptors (Lipinski definition) is 4. The second kappa shape index (κ2) is 10.5.